The van der Waals surface area contributed by atoms with Crippen LogP contribution in [0, 0.1) is 10.1 Å². The first-order valence-electron chi connectivity index (χ1n) is 7.27. The SMILES string of the molecule is O=C(O)CCCN1C(=O)/C(=C/C=C/c2ccc([N+](=O)[O-])cc2)SC1=S. The van der Waals surface area contributed by atoms with Crippen LogP contribution in [-0.4, -0.2) is 37.7 Å². The molecular weight excluding hydrogens is 364 g/mol. The first-order chi connectivity index (χ1) is 11.9. The van der Waals surface area contributed by atoms with Gasteiger partial charge in [0.1, 0.15) is 4.32 Å². The second-order valence-corrected chi connectivity index (χ2v) is 6.74. The van der Waals surface area contributed by atoms with Gasteiger partial charge in [-0.3, -0.25) is 24.6 Å². The van der Waals surface area contributed by atoms with E-state index < -0.39 is 10.9 Å². The Kier molecular flexibility index (Phi) is 6.43. The first kappa shape index (κ1) is 18.8. The average molecular weight is 378 g/mol. The van der Waals surface area contributed by atoms with Crippen LogP contribution in [0.4, 0.5) is 5.69 Å². The van der Waals surface area contributed by atoms with Gasteiger partial charge in [0.15, 0.2) is 0 Å². The number of allylic oxidation sites excluding steroid dienone is 2. The third-order valence-electron chi connectivity index (χ3n) is 3.29. The van der Waals surface area contributed by atoms with Gasteiger partial charge in [-0.05, 0) is 30.2 Å². The molecule has 0 spiro atoms. The van der Waals surface area contributed by atoms with E-state index in [0.717, 1.165) is 17.3 Å². The van der Waals surface area contributed by atoms with Crippen molar-refractivity contribution < 1.29 is 19.6 Å². The summed E-state index contributed by atoms with van der Waals surface area (Å²) in [5.41, 5.74) is 0.776. The lowest BCUT2D eigenvalue weighted by Gasteiger charge is -2.12. The molecule has 1 aromatic rings. The number of nitro groups is 1. The molecule has 1 N–H and O–H groups in total. The number of nitro benzene ring substituents is 1. The molecule has 0 aliphatic carbocycles. The van der Waals surface area contributed by atoms with Gasteiger partial charge in [0.25, 0.3) is 11.6 Å². The van der Waals surface area contributed by atoms with Gasteiger partial charge in [0.2, 0.25) is 0 Å². The Morgan fingerprint density at radius 2 is 2.04 bits per heavy atom. The van der Waals surface area contributed by atoms with Gasteiger partial charge in [-0.1, -0.05) is 36.1 Å². The van der Waals surface area contributed by atoms with Crippen LogP contribution < -0.4 is 0 Å². The molecule has 1 aliphatic rings. The Hall–Kier alpha value is -2.52. The molecule has 25 heavy (non-hydrogen) atoms. The third kappa shape index (κ3) is 5.23. The lowest BCUT2D eigenvalue weighted by Crippen LogP contribution is -2.29. The minimum atomic E-state index is -0.910. The Morgan fingerprint density at radius 3 is 2.64 bits per heavy atom. The van der Waals surface area contributed by atoms with Gasteiger partial charge >= 0.3 is 5.97 Å². The highest BCUT2D eigenvalue weighted by Crippen LogP contribution is 2.31. The number of thioether (sulfide) groups is 1. The zero-order valence-corrected chi connectivity index (χ0v) is 14.6. The Morgan fingerprint density at radius 1 is 1.36 bits per heavy atom. The molecule has 0 unspecified atom stereocenters. The molecule has 130 valence electrons. The summed E-state index contributed by atoms with van der Waals surface area (Å²) in [5, 5.41) is 19.2. The summed E-state index contributed by atoms with van der Waals surface area (Å²) < 4.78 is 0.408. The van der Waals surface area contributed by atoms with Crippen LogP contribution in [0.1, 0.15) is 18.4 Å². The Labute approximate surface area is 153 Å². The highest BCUT2D eigenvalue weighted by molar-refractivity contribution is 8.26. The number of aliphatic carboxylic acids is 1. The molecular formula is C16H14N2O5S2. The molecule has 1 aliphatic heterocycles. The minimum Gasteiger partial charge on any atom is -0.481 e. The average Bonchev–Trinajstić information content (AvgIpc) is 2.82. The largest absolute Gasteiger partial charge is 0.481 e. The van der Waals surface area contributed by atoms with Crippen molar-refractivity contribution in [1.29, 1.82) is 0 Å². The van der Waals surface area contributed by atoms with Crippen LogP contribution in [0.15, 0.2) is 41.3 Å². The van der Waals surface area contributed by atoms with Crippen molar-refractivity contribution in [3.63, 3.8) is 0 Å². The number of carbonyl (C=O) groups excluding carboxylic acids is 1. The highest BCUT2D eigenvalue weighted by atomic mass is 32.2. The van der Waals surface area contributed by atoms with Gasteiger partial charge in [-0.2, -0.15) is 0 Å². The maximum Gasteiger partial charge on any atom is 0.303 e. The molecule has 1 amide bonds. The maximum absolute atomic E-state index is 12.2. The first-order valence-corrected chi connectivity index (χ1v) is 8.49. The molecule has 0 radical (unpaired) electrons. The molecule has 0 saturated carbocycles. The Balaban J connectivity index is 1.98. The normalized spacial score (nSPS) is 16.2. The van der Waals surface area contributed by atoms with E-state index in [9.17, 15) is 19.7 Å². The molecule has 1 fully saturated rings. The monoisotopic (exact) mass is 378 g/mol. The Bertz CT molecular complexity index is 771. The second kappa shape index (κ2) is 8.54. The van der Waals surface area contributed by atoms with Crippen LogP contribution in [0.25, 0.3) is 6.08 Å². The van der Waals surface area contributed by atoms with Crippen molar-refractivity contribution in [3.8, 4) is 0 Å². The summed E-state index contributed by atoms with van der Waals surface area (Å²) in [6.07, 6.45) is 5.34. The van der Waals surface area contributed by atoms with Crippen molar-refractivity contribution in [1.82, 2.24) is 4.90 Å². The van der Waals surface area contributed by atoms with Gasteiger partial charge in [0, 0.05) is 25.1 Å². The molecule has 1 heterocycles. The van der Waals surface area contributed by atoms with Crippen LogP contribution in [-0.2, 0) is 9.59 Å². The number of hydrogen-bond acceptors (Lipinski definition) is 6. The third-order valence-corrected chi connectivity index (χ3v) is 4.68. The van der Waals surface area contributed by atoms with Crippen molar-refractivity contribution in [2.24, 2.45) is 0 Å². The smallest absolute Gasteiger partial charge is 0.303 e. The molecule has 2 rings (SSSR count). The van der Waals surface area contributed by atoms with E-state index in [0.29, 0.717) is 15.6 Å². The number of carboxylic acid groups (broad SMARTS) is 1. The molecule has 0 atom stereocenters. The van der Waals surface area contributed by atoms with Crippen LogP contribution >= 0.6 is 24.0 Å². The second-order valence-electron chi connectivity index (χ2n) is 5.06. The van der Waals surface area contributed by atoms with Crippen molar-refractivity contribution in [2.75, 3.05) is 6.54 Å². The summed E-state index contributed by atoms with van der Waals surface area (Å²) in [4.78, 5) is 34.8. The molecule has 1 saturated heterocycles. The van der Waals surface area contributed by atoms with Crippen LogP contribution in [0.5, 0.6) is 0 Å². The number of nitrogens with zero attached hydrogens (tertiary/aromatic N) is 2. The summed E-state index contributed by atoms with van der Waals surface area (Å²) >= 11 is 6.31. The number of hydrogen-bond donors (Lipinski definition) is 1. The van der Waals surface area contributed by atoms with E-state index in [2.05, 4.69) is 0 Å². The number of rotatable bonds is 7. The highest BCUT2D eigenvalue weighted by Gasteiger charge is 2.31. The predicted octanol–water partition coefficient (Wildman–Crippen LogP) is 3.22. The van der Waals surface area contributed by atoms with E-state index in [1.54, 1.807) is 30.4 Å². The lowest BCUT2D eigenvalue weighted by molar-refractivity contribution is -0.384. The molecule has 1 aromatic carbocycles. The number of non-ortho nitro benzene ring substituents is 1. The lowest BCUT2D eigenvalue weighted by atomic mass is 10.2. The summed E-state index contributed by atoms with van der Waals surface area (Å²) in [6.45, 7) is 0.278. The van der Waals surface area contributed by atoms with Gasteiger partial charge in [-0.15, -0.1) is 0 Å². The molecule has 0 aromatic heterocycles. The fourth-order valence-corrected chi connectivity index (χ4v) is 3.31. The predicted molar refractivity (Wildman–Crippen MR) is 99.0 cm³/mol. The number of carbonyl (C=O) groups is 2. The van der Waals surface area contributed by atoms with E-state index in [4.69, 9.17) is 17.3 Å². The zero-order chi connectivity index (χ0) is 18.4. The quantitative estimate of drug-likeness (QED) is 0.336. The zero-order valence-electron chi connectivity index (χ0n) is 13.0. The van der Waals surface area contributed by atoms with Crippen molar-refractivity contribution in [3.05, 3.63) is 57.0 Å². The summed E-state index contributed by atoms with van der Waals surface area (Å²) in [6, 6.07) is 6.03. The molecule has 9 heteroatoms. The fraction of sp³-hybridized carbons (Fsp3) is 0.188. The van der Waals surface area contributed by atoms with Crippen molar-refractivity contribution in [2.45, 2.75) is 12.8 Å². The number of carboxylic acids is 1. The van der Waals surface area contributed by atoms with Gasteiger partial charge in [-0.25, -0.2) is 0 Å². The molecule has 0 bridgehead atoms. The summed E-state index contributed by atoms with van der Waals surface area (Å²) in [5.74, 6) is -1.15. The molecule has 7 nitrogen and oxygen atoms in total. The maximum atomic E-state index is 12.2. The van der Waals surface area contributed by atoms with Gasteiger partial charge in [0.05, 0.1) is 9.83 Å². The van der Waals surface area contributed by atoms with Crippen molar-refractivity contribution >= 4 is 51.9 Å². The van der Waals surface area contributed by atoms with Gasteiger partial charge < -0.3 is 5.11 Å². The minimum absolute atomic E-state index is 0.0133. The fourth-order valence-electron chi connectivity index (χ4n) is 2.05. The van der Waals surface area contributed by atoms with Crippen LogP contribution in [0.3, 0.4) is 0 Å². The number of thiocarbonyl (C=S) groups is 1. The number of amides is 1. The topological polar surface area (TPSA) is 101 Å². The van der Waals surface area contributed by atoms with Crippen LogP contribution in [0.2, 0.25) is 0 Å². The number of benzene rings is 1. The standard InChI is InChI=1S/C16H14N2O5S2/c19-14(20)5-2-10-17-15(21)13(25-16(17)24)4-1-3-11-6-8-12(9-7-11)18(22)23/h1,3-4,6-9H,2,5,10H2,(H,19,20)/b3-1+,13-4-. The summed E-state index contributed by atoms with van der Waals surface area (Å²) in [7, 11) is 0. The van der Waals surface area contributed by atoms with E-state index >= 15 is 0 Å². The van der Waals surface area contributed by atoms with E-state index in [1.165, 1.54) is 17.0 Å². The van der Waals surface area contributed by atoms with E-state index in [1.807, 2.05) is 0 Å². The van der Waals surface area contributed by atoms with E-state index in [-0.39, 0.29) is 24.6 Å².